The van der Waals surface area contributed by atoms with Gasteiger partial charge < -0.3 is 10.4 Å². The molecule has 166 valence electrons. The molecule has 2 aromatic rings. The lowest BCUT2D eigenvalue weighted by Crippen LogP contribution is -2.44. The van der Waals surface area contributed by atoms with Gasteiger partial charge in [0.15, 0.2) is 0 Å². The summed E-state index contributed by atoms with van der Waals surface area (Å²) in [6.45, 7) is 0.802. The minimum atomic E-state index is -0.724. The van der Waals surface area contributed by atoms with E-state index in [1.165, 1.54) is 42.4 Å². The highest BCUT2D eigenvalue weighted by molar-refractivity contribution is 5.73. The fourth-order valence-electron chi connectivity index (χ4n) is 5.80. The van der Waals surface area contributed by atoms with Crippen molar-refractivity contribution in [1.82, 2.24) is 10.2 Å². The lowest BCUT2D eigenvalue weighted by atomic mass is 9.70. The lowest BCUT2D eigenvalue weighted by molar-refractivity contribution is -0.139. The Morgan fingerprint density at radius 3 is 2.23 bits per heavy atom. The molecule has 1 saturated carbocycles. The first-order valence-corrected chi connectivity index (χ1v) is 11.7. The zero-order valence-electron chi connectivity index (χ0n) is 18.9. The van der Waals surface area contributed by atoms with Crippen LogP contribution in [0.1, 0.15) is 48.8 Å². The number of benzene rings is 2. The van der Waals surface area contributed by atoms with Crippen LogP contribution in [-0.4, -0.2) is 42.7 Å². The van der Waals surface area contributed by atoms with E-state index in [9.17, 15) is 9.90 Å². The summed E-state index contributed by atoms with van der Waals surface area (Å²) in [6, 6.07) is 19.6. The molecule has 0 spiro atoms. The van der Waals surface area contributed by atoms with Gasteiger partial charge in [-0.25, -0.2) is 0 Å². The zero-order valence-corrected chi connectivity index (χ0v) is 18.9. The number of nitrogens with one attached hydrogen (secondary N) is 1. The lowest BCUT2D eigenvalue weighted by Gasteiger charge is -2.45. The van der Waals surface area contributed by atoms with Gasteiger partial charge in [-0.15, -0.1) is 0 Å². The van der Waals surface area contributed by atoms with E-state index in [1.54, 1.807) is 0 Å². The van der Waals surface area contributed by atoms with E-state index in [2.05, 4.69) is 78.9 Å². The van der Waals surface area contributed by atoms with Gasteiger partial charge in [0, 0.05) is 5.54 Å². The van der Waals surface area contributed by atoms with Crippen LogP contribution in [0.2, 0.25) is 0 Å². The van der Waals surface area contributed by atoms with Crippen molar-refractivity contribution in [2.45, 2.75) is 56.5 Å². The molecule has 2 N–H and O–H groups in total. The summed E-state index contributed by atoms with van der Waals surface area (Å²) >= 11 is 0. The molecule has 1 heterocycles. The Morgan fingerprint density at radius 2 is 1.65 bits per heavy atom. The number of rotatable bonds is 7. The van der Waals surface area contributed by atoms with Gasteiger partial charge in [-0.2, -0.15) is 0 Å². The standard InChI is InChI=1S/C27H36N2O2/c1-29(2)27(24-9-4-3-5-10-24)13-11-20(12-14-27)15-21-7-6-8-22(16-21)17-23-18-25(26(30)31)28-19-23/h3-10,16,20,23,25,28H,11-15,17-19H2,1-2H3,(H,30,31)/t20?,23-,25-,27?/m0/s1. The second kappa shape index (κ2) is 9.54. The Morgan fingerprint density at radius 1 is 1.00 bits per heavy atom. The number of nitrogens with zero attached hydrogens (tertiary/aromatic N) is 1. The minimum absolute atomic E-state index is 0.162. The van der Waals surface area contributed by atoms with E-state index in [-0.39, 0.29) is 11.6 Å². The average Bonchev–Trinajstić information content (AvgIpc) is 3.24. The molecule has 31 heavy (non-hydrogen) atoms. The summed E-state index contributed by atoms with van der Waals surface area (Å²) in [4.78, 5) is 13.6. The minimum Gasteiger partial charge on any atom is -0.480 e. The fraction of sp³-hybridized carbons (Fsp3) is 0.519. The highest BCUT2D eigenvalue weighted by Crippen LogP contribution is 2.43. The van der Waals surface area contributed by atoms with Gasteiger partial charge >= 0.3 is 5.97 Å². The molecule has 1 aliphatic heterocycles. The zero-order chi connectivity index (χ0) is 21.8. The Balaban J connectivity index is 1.36. The molecule has 2 aliphatic rings. The molecule has 1 saturated heterocycles. The third kappa shape index (κ3) is 5.02. The number of carboxylic acids is 1. The van der Waals surface area contributed by atoms with Crippen LogP contribution < -0.4 is 5.32 Å². The molecule has 0 radical (unpaired) electrons. The van der Waals surface area contributed by atoms with Gasteiger partial charge in [-0.05, 0) is 94.1 Å². The van der Waals surface area contributed by atoms with Crippen LogP contribution in [-0.2, 0) is 23.2 Å². The van der Waals surface area contributed by atoms with Crippen molar-refractivity contribution < 1.29 is 9.90 Å². The molecule has 4 rings (SSSR count). The largest absolute Gasteiger partial charge is 0.480 e. The van der Waals surface area contributed by atoms with Crippen LogP contribution in [0, 0.1) is 11.8 Å². The molecule has 1 aliphatic carbocycles. The first-order chi connectivity index (χ1) is 15.0. The predicted molar refractivity (Wildman–Crippen MR) is 125 cm³/mol. The summed E-state index contributed by atoms with van der Waals surface area (Å²) in [6.07, 6.45) is 7.76. The molecule has 0 unspecified atom stereocenters. The van der Waals surface area contributed by atoms with E-state index >= 15 is 0 Å². The number of hydrogen-bond donors (Lipinski definition) is 2. The second-order valence-corrected chi connectivity index (χ2v) is 9.86. The van der Waals surface area contributed by atoms with E-state index in [0.717, 1.165) is 31.7 Å². The highest BCUT2D eigenvalue weighted by atomic mass is 16.4. The van der Waals surface area contributed by atoms with Gasteiger partial charge in [-0.1, -0.05) is 54.6 Å². The van der Waals surface area contributed by atoms with Crippen molar-refractivity contribution in [2.75, 3.05) is 20.6 Å². The van der Waals surface area contributed by atoms with Gasteiger partial charge in [-0.3, -0.25) is 9.69 Å². The van der Waals surface area contributed by atoms with Gasteiger partial charge in [0.1, 0.15) is 6.04 Å². The van der Waals surface area contributed by atoms with Gasteiger partial charge in [0.25, 0.3) is 0 Å². The molecule has 0 amide bonds. The molecular weight excluding hydrogens is 384 g/mol. The van der Waals surface area contributed by atoms with Crippen LogP contribution in [0.15, 0.2) is 54.6 Å². The normalized spacial score (nSPS) is 28.7. The smallest absolute Gasteiger partial charge is 0.320 e. The fourth-order valence-corrected chi connectivity index (χ4v) is 5.80. The number of aliphatic carboxylic acids is 1. The van der Waals surface area contributed by atoms with Crippen molar-refractivity contribution in [2.24, 2.45) is 11.8 Å². The van der Waals surface area contributed by atoms with Crippen molar-refractivity contribution in [1.29, 1.82) is 0 Å². The summed E-state index contributed by atoms with van der Waals surface area (Å²) in [5, 5.41) is 12.3. The van der Waals surface area contributed by atoms with Crippen LogP contribution in [0.3, 0.4) is 0 Å². The van der Waals surface area contributed by atoms with Crippen LogP contribution >= 0.6 is 0 Å². The first kappa shape index (κ1) is 22.0. The molecule has 4 nitrogen and oxygen atoms in total. The summed E-state index contributed by atoms with van der Waals surface area (Å²) in [7, 11) is 4.45. The van der Waals surface area contributed by atoms with Gasteiger partial charge in [0.05, 0.1) is 0 Å². The highest BCUT2D eigenvalue weighted by Gasteiger charge is 2.38. The quantitative estimate of drug-likeness (QED) is 0.693. The van der Waals surface area contributed by atoms with Crippen molar-refractivity contribution in [3.63, 3.8) is 0 Å². The Labute approximate surface area is 186 Å². The maximum Gasteiger partial charge on any atom is 0.320 e. The average molecular weight is 421 g/mol. The van der Waals surface area contributed by atoms with E-state index in [0.29, 0.717) is 5.92 Å². The maximum atomic E-state index is 11.2. The molecular formula is C27H36N2O2. The van der Waals surface area contributed by atoms with E-state index in [1.807, 2.05) is 0 Å². The summed E-state index contributed by atoms with van der Waals surface area (Å²) < 4.78 is 0. The topological polar surface area (TPSA) is 52.6 Å². The molecule has 0 bridgehead atoms. The Kier molecular flexibility index (Phi) is 6.78. The number of carbonyl (C=O) groups is 1. The second-order valence-electron chi connectivity index (χ2n) is 9.86. The molecule has 4 heteroatoms. The summed E-state index contributed by atoms with van der Waals surface area (Å²) in [5.74, 6) is 0.423. The molecule has 0 aromatic heterocycles. The first-order valence-electron chi connectivity index (χ1n) is 11.7. The number of carboxylic acid groups (broad SMARTS) is 1. The van der Waals surface area contributed by atoms with Crippen molar-refractivity contribution in [3.8, 4) is 0 Å². The summed E-state index contributed by atoms with van der Waals surface area (Å²) in [5.41, 5.74) is 4.39. The number of hydrogen-bond acceptors (Lipinski definition) is 3. The SMILES string of the molecule is CN(C)C1(c2ccccc2)CCC(Cc2cccc(C[C@@H]3CN[C@H](C(=O)O)C3)c2)CC1. The van der Waals surface area contributed by atoms with Crippen LogP contribution in [0.25, 0.3) is 0 Å². The van der Waals surface area contributed by atoms with Crippen LogP contribution in [0.5, 0.6) is 0 Å². The third-order valence-corrected chi connectivity index (χ3v) is 7.66. The molecule has 2 aromatic carbocycles. The Bertz CT molecular complexity index is 872. The molecule has 2 fully saturated rings. The maximum absolute atomic E-state index is 11.2. The third-order valence-electron chi connectivity index (χ3n) is 7.66. The van der Waals surface area contributed by atoms with Crippen LogP contribution in [0.4, 0.5) is 0 Å². The Hall–Kier alpha value is -2.17. The molecule has 2 atom stereocenters. The predicted octanol–water partition coefficient (Wildman–Crippen LogP) is 4.48. The van der Waals surface area contributed by atoms with Gasteiger partial charge in [0.2, 0.25) is 0 Å². The van der Waals surface area contributed by atoms with Crippen molar-refractivity contribution in [3.05, 3.63) is 71.3 Å². The van der Waals surface area contributed by atoms with E-state index in [4.69, 9.17) is 0 Å². The van der Waals surface area contributed by atoms with E-state index < -0.39 is 5.97 Å². The monoisotopic (exact) mass is 420 g/mol. The van der Waals surface area contributed by atoms with Crippen molar-refractivity contribution >= 4 is 5.97 Å².